The molecule has 2 N–H and O–H groups in total. The Bertz CT molecular complexity index is 1430. The van der Waals surface area contributed by atoms with Crippen LogP contribution in [0.25, 0.3) is 22.3 Å². The maximum absolute atomic E-state index is 14.1. The second-order valence-electron chi connectivity index (χ2n) is 7.22. The zero-order valence-electron chi connectivity index (χ0n) is 17.3. The Labute approximate surface area is 192 Å². The molecule has 2 aromatic carbocycles. The van der Waals surface area contributed by atoms with Crippen molar-refractivity contribution in [1.29, 1.82) is 0 Å². The Balaban J connectivity index is 1.74. The molecule has 172 valence electrons. The molecule has 33 heavy (non-hydrogen) atoms. The number of benzene rings is 2. The van der Waals surface area contributed by atoms with E-state index in [0.717, 1.165) is 18.4 Å². The predicted molar refractivity (Wildman–Crippen MR) is 121 cm³/mol. The summed E-state index contributed by atoms with van der Waals surface area (Å²) in [6.45, 7) is 0.274. The molecule has 0 spiro atoms. The van der Waals surface area contributed by atoms with Crippen LogP contribution in [0.4, 0.5) is 14.6 Å². The number of nitrogens with zero attached hydrogens (tertiary/aromatic N) is 3. The summed E-state index contributed by atoms with van der Waals surface area (Å²) in [7, 11) is -3.13. The number of aromatic amines is 1. The van der Waals surface area contributed by atoms with Crippen molar-refractivity contribution >= 4 is 38.3 Å². The SMILES string of the molecule is CS(=O)(=O)CCCNc1nc(Oc2ccc(F)cc2F)nc2n[nH]c(-c3ccccc3Cl)c12. The van der Waals surface area contributed by atoms with Crippen LogP contribution >= 0.6 is 11.6 Å². The van der Waals surface area contributed by atoms with E-state index in [-0.39, 0.29) is 35.5 Å². The van der Waals surface area contributed by atoms with Gasteiger partial charge >= 0.3 is 6.01 Å². The summed E-state index contributed by atoms with van der Waals surface area (Å²) in [6, 6.07) is 9.73. The van der Waals surface area contributed by atoms with Gasteiger partial charge in [0.2, 0.25) is 0 Å². The largest absolute Gasteiger partial charge is 0.421 e. The van der Waals surface area contributed by atoms with Crippen molar-refractivity contribution in [3.8, 4) is 23.0 Å². The van der Waals surface area contributed by atoms with Gasteiger partial charge in [0.1, 0.15) is 21.5 Å². The highest BCUT2D eigenvalue weighted by Crippen LogP contribution is 2.35. The number of anilines is 1. The number of hydrogen-bond acceptors (Lipinski definition) is 7. The van der Waals surface area contributed by atoms with E-state index in [0.29, 0.717) is 34.2 Å². The van der Waals surface area contributed by atoms with Gasteiger partial charge in [0, 0.05) is 29.5 Å². The highest BCUT2D eigenvalue weighted by atomic mass is 35.5. The third kappa shape index (κ3) is 5.37. The fourth-order valence-corrected chi connectivity index (χ4v) is 4.03. The molecule has 2 aromatic heterocycles. The quantitative estimate of drug-likeness (QED) is 0.345. The van der Waals surface area contributed by atoms with Gasteiger partial charge in [-0.2, -0.15) is 15.1 Å². The van der Waals surface area contributed by atoms with E-state index in [1.165, 1.54) is 0 Å². The molecule has 0 radical (unpaired) electrons. The van der Waals surface area contributed by atoms with Crippen LogP contribution in [-0.4, -0.2) is 47.1 Å². The second-order valence-corrected chi connectivity index (χ2v) is 9.89. The van der Waals surface area contributed by atoms with Gasteiger partial charge in [0.25, 0.3) is 0 Å². The first-order valence-electron chi connectivity index (χ1n) is 9.77. The highest BCUT2D eigenvalue weighted by molar-refractivity contribution is 7.90. The number of H-pyrrole nitrogens is 1. The molecule has 0 saturated carbocycles. The normalized spacial score (nSPS) is 11.6. The van der Waals surface area contributed by atoms with E-state index in [1.807, 2.05) is 6.07 Å². The fourth-order valence-electron chi connectivity index (χ4n) is 3.13. The fraction of sp³-hybridized carbons (Fsp3) is 0.190. The molecule has 0 aliphatic heterocycles. The Morgan fingerprint density at radius 2 is 1.94 bits per heavy atom. The van der Waals surface area contributed by atoms with E-state index < -0.39 is 21.5 Å². The number of rotatable bonds is 8. The number of halogens is 3. The first kappa shape index (κ1) is 22.9. The molecule has 8 nitrogen and oxygen atoms in total. The Hall–Kier alpha value is -3.31. The van der Waals surface area contributed by atoms with Crippen LogP contribution in [0.3, 0.4) is 0 Å². The third-order valence-electron chi connectivity index (χ3n) is 4.62. The van der Waals surface area contributed by atoms with Gasteiger partial charge in [-0.15, -0.1) is 0 Å². The second kappa shape index (κ2) is 9.28. The molecule has 0 fully saturated rings. The van der Waals surface area contributed by atoms with Crippen molar-refractivity contribution in [2.75, 3.05) is 23.9 Å². The van der Waals surface area contributed by atoms with Crippen LogP contribution in [0, 0.1) is 11.6 Å². The summed E-state index contributed by atoms with van der Waals surface area (Å²) < 4.78 is 55.6. The Morgan fingerprint density at radius 3 is 2.67 bits per heavy atom. The maximum Gasteiger partial charge on any atom is 0.326 e. The van der Waals surface area contributed by atoms with E-state index in [4.69, 9.17) is 16.3 Å². The number of nitrogens with one attached hydrogen (secondary N) is 2. The lowest BCUT2D eigenvalue weighted by molar-refractivity contribution is 0.410. The molecular formula is C21H18ClF2N5O3S. The molecule has 4 rings (SSSR count). The molecule has 4 aromatic rings. The molecular weight excluding hydrogens is 476 g/mol. The number of aromatic nitrogens is 4. The number of ether oxygens (including phenoxy) is 1. The van der Waals surface area contributed by atoms with Crippen molar-refractivity contribution in [2.24, 2.45) is 0 Å². The van der Waals surface area contributed by atoms with E-state index in [2.05, 4.69) is 25.5 Å². The minimum Gasteiger partial charge on any atom is -0.421 e. The van der Waals surface area contributed by atoms with Crippen molar-refractivity contribution < 1.29 is 21.9 Å². The summed E-state index contributed by atoms with van der Waals surface area (Å²) in [5.74, 6) is -1.65. The lowest BCUT2D eigenvalue weighted by Crippen LogP contribution is -2.11. The zero-order chi connectivity index (χ0) is 23.6. The van der Waals surface area contributed by atoms with Crippen LogP contribution in [0.15, 0.2) is 42.5 Å². The average Bonchev–Trinajstić information content (AvgIpc) is 3.17. The van der Waals surface area contributed by atoms with Gasteiger partial charge in [-0.05, 0) is 24.6 Å². The monoisotopic (exact) mass is 493 g/mol. The Kier molecular flexibility index (Phi) is 6.43. The summed E-state index contributed by atoms with van der Waals surface area (Å²) in [5.41, 5.74) is 1.41. The van der Waals surface area contributed by atoms with Crippen LogP contribution in [0.5, 0.6) is 11.8 Å². The minimum atomic E-state index is -3.13. The lowest BCUT2D eigenvalue weighted by Gasteiger charge is -2.11. The molecule has 0 unspecified atom stereocenters. The van der Waals surface area contributed by atoms with Gasteiger partial charge in [0.05, 0.1) is 16.8 Å². The topological polar surface area (TPSA) is 110 Å². The number of sulfone groups is 1. The summed E-state index contributed by atoms with van der Waals surface area (Å²) in [6.07, 6.45) is 1.48. The predicted octanol–water partition coefficient (Wildman–Crippen LogP) is 4.59. The van der Waals surface area contributed by atoms with E-state index in [9.17, 15) is 17.2 Å². The van der Waals surface area contributed by atoms with Gasteiger partial charge in [-0.25, -0.2) is 17.2 Å². The smallest absolute Gasteiger partial charge is 0.326 e. The van der Waals surface area contributed by atoms with Crippen LogP contribution < -0.4 is 10.1 Å². The maximum atomic E-state index is 14.1. The van der Waals surface area contributed by atoms with Crippen LogP contribution in [0.1, 0.15) is 6.42 Å². The Morgan fingerprint density at radius 1 is 1.15 bits per heavy atom. The molecule has 0 amide bonds. The molecule has 0 atom stereocenters. The van der Waals surface area contributed by atoms with E-state index >= 15 is 0 Å². The van der Waals surface area contributed by atoms with Crippen molar-refractivity contribution in [1.82, 2.24) is 20.2 Å². The van der Waals surface area contributed by atoms with Crippen LogP contribution in [-0.2, 0) is 9.84 Å². The lowest BCUT2D eigenvalue weighted by atomic mass is 10.1. The third-order valence-corrected chi connectivity index (χ3v) is 5.98. The van der Waals surface area contributed by atoms with E-state index in [1.54, 1.807) is 18.2 Å². The molecule has 0 bridgehead atoms. The average molecular weight is 494 g/mol. The van der Waals surface area contributed by atoms with Crippen molar-refractivity contribution in [2.45, 2.75) is 6.42 Å². The first-order valence-corrected chi connectivity index (χ1v) is 12.2. The first-order chi connectivity index (χ1) is 15.7. The number of fused-ring (bicyclic) bond motifs is 1. The highest BCUT2D eigenvalue weighted by Gasteiger charge is 2.19. The molecule has 0 saturated heterocycles. The van der Waals surface area contributed by atoms with Gasteiger partial charge in [-0.1, -0.05) is 29.8 Å². The summed E-state index contributed by atoms with van der Waals surface area (Å²) in [5, 5.41) is 11.1. The van der Waals surface area contributed by atoms with Gasteiger partial charge in [-0.3, -0.25) is 5.10 Å². The zero-order valence-corrected chi connectivity index (χ0v) is 18.8. The minimum absolute atomic E-state index is 0.0128. The molecule has 12 heteroatoms. The van der Waals surface area contributed by atoms with Gasteiger partial charge in [0.15, 0.2) is 17.2 Å². The molecule has 2 heterocycles. The standard InChI is InChI=1S/C21H18ClF2N5O3S/c1-33(30,31)10-4-9-25-19-17-18(13-5-2-3-6-14(13)22)28-29-20(17)27-21(26-19)32-16-8-7-12(23)11-15(16)24/h2-3,5-8,11H,4,9-10H2,1H3,(H2,25,26,27,28,29). The number of hydrogen-bond donors (Lipinski definition) is 2. The van der Waals surface area contributed by atoms with Crippen molar-refractivity contribution in [3.63, 3.8) is 0 Å². The van der Waals surface area contributed by atoms with Crippen molar-refractivity contribution in [3.05, 3.63) is 59.1 Å². The summed E-state index contributed by atoms with van der Waals surface area (Å²) in [4.78, 5) is 8.55. The van der Waals surface area contributed by atoms with Crippen LogP contribution in [0.2, 0.25) is 5.02 Å². The summed E-state index contributed by atoms with van der Waals surface area (Å²) >= 11 is 6.34. The van der Waals surface area contributed by atoms with Gasteiger partial charge < -0.3 is 10.1 Å². The molecule has 0 aliphatic rings. The molecule has 0 aliphatic carbocycles.